The summed E-state index contributed by atoms with van der Waals surface area (Å²) >= 11 is 5.25. The van der Waals surface area contributed by atoms with E-state index in [1.807, 2.05) is 13.0 Å². The number of thiocarbonyl (C=S) groups is 1. The van der Waals surface area contributed by atoms with E-state index in [0.717, 1.165) is 5.56 Å². The highest BCUT2D eigenvalue weighted by atomic mass is 32.1. The van der Waals surface area contributed by atoms with Crippen LogP contribution in [-0.2, 0) is 16.2 Å². The predicted molar refractivity (Wildman–Crippen MR) is 141 cm³/mol. The molecule has 0 unspecified atom stereocenters. The van der Waals surface area contributed by atoms with Crippen molar-refractivity contribution in [2.45, 2.75) is 27.4 Å². The van der Waals surface area contributed by atoms with Crippen LogP contribution in [-0.4, -0.2) is 23.5 Å². The Labute approximate surface area is 210 Å². The Morgan fingerprint density at radius 2 is 1.63 bits per heavy atom. The summed E-state index contributed by atoms with van der Waals surface area (Å²) in [5.41, 5.74) is 4.61. The Bertz CT molecular complexity index is 1300. The van der Waals surface area contributed by atoms with Crippen molar-refractivity contribution < 1.29 is 19.1 Å². The Morgan fingerprint density at radius 1 is 0.914 bits per heavy atom. The van der Waals surface area contributed by atoms with Crippen molar-refractivity contribution in [2.75, 3.05) is 11.5 Å². The molecule has 0 saturated carbocycles. The SMILES string of the molecule is CCOc1cc(/C=C2/C(=O)NC(=S)N(c3ccccc3)C2=O)ccc1OCc1cc(C)cc(C)c1. The fourth-order valence-electron chi connectivity index (χ4n) is 3.95. The van der Waals surface area contributed by atoms with Crippen LogP contribution in [0.3, 0.4) is 0 Å². The monoisotopic (exact) mass is 486 g/mol. The molecule has 0 spiro atoms. The number of hydrogen-bond acceptors (Lipinski definition) is 5. The molecule has 1 fully saturated rings. The van der Waals surface area contributed by atoms with E-state index < -0.39 is 11.8 Å². The summed E-state index contributed by atoms with van der Waals surface area (Å²) in [4.78, 5) is 27.1. The van der Waals surface area contributed by atoms with Gasteiger partial charge in [-0.3, -0.25) is 19.8 Å². The molecule has 6 nitrogen and oxygen atoms in total. The van der Waals surface area contributed by atoms with Gasteiger partial charge in [0, 0.05) is 0 Å². The summed E-state index contributed by atoms with van der Waals surface area (Å²) < 4.78 is 11.8. The number of aryl methyl sites for hydroxylation is 2. The second kappa shape index (κ2) is 10.5. The fraction of sp³-hybridized carbons (Fsp3) is 0.179. The number of ether oxygens (including phenoxy) is 2. The van der Waals surface area contributed by atoms with Gasteiger partial charge in [0.1, 0.15) is 12.2 Å². The molecule has 1 saturated heterocycles. The number of carbonyl (C=O) groups is 2. The number of para-hydroxylation sites is 1. The van der Waals surface area contributed by atoms with Gasteiger partial charge in [0.05, 0.1) is 12.3 Å². The maximum absolute atomic E-state index is 13.2. The van der Waals surface area contributed by atoms with Gasteiger partial charge in [-0.15, -0.1) is 0 Å². The molecule has 0 aliphatic carbocycles. The molecule has 7 heteroatoms. The van der Waals surface area contributed by atoms with E-state index in [-0.39, 0.29) is 10.7 Å². The van der Waals surface area contributed by atoms with Crippen LogP contribution in [0.1, 0.15) is 29.2 Å². The van der Waals surface area contributed by atoms with Gasteiger partial charge in [-0.1, -0.05) is 53.6 Å². The largest absolute Gasteiger partial charge is 0.490 e. The van der Waals surface area contributed by atoms with Crippen molar-refractivity contribution in [2.24, 2.45) is 0 Å². The molecular weight excluding hydrogens is 460 g/mol. The smallest absolute Gasteiger partial charge is 0.270 e. The molecule has 4 rings (SSSR count). The van der Waals surface area contributed by atoms with Gasteiger partial charge >= 0.3 is 0 Å². The molecular formula is C28H26N2O4S. The van der Waals surface area contributed by atoms with Crippen LogP contribution in [0.25, 0.3) is 6.08 Å². The molecule has 0 aromatic heterocycles. The molecule has 0 atom stereocenters. The second-order valence-electron chi connectivity index (χ2n) is 8.22. The van der Waals surface area contributed by atoms with Crippen molar-refractivity contribution in [3.05, 3.63) is 94.6 Å². The van der Waals surface area contributed by atoms with Crippen LogP contribution in [0.15, 0.2) is 72.3 Å². The van der Waals surface area contributed by atoms with E-state index in [2.05, 4.69) is 37.4 Å². The van der Waals surface area contributed by atoms with Gasteiger partial charge in [0.15, 0.2) is 16.6 Å². The number of hydrogen-bond donors (Lipinski definition) is 1. The molecule has 3 aromatic rings. The summed E-state index contributed by atoms with van der Waals surface area (Å²) in [6, 6.07) is 20.6. The van der Waals surface area contributed by atoms with Crippen LogP contribution in [0.4, 0.5) is 5.69 Å². The Morgan fingerprint density at radius 3 is 2.31 bits per heavy atom. The average molecular weight is 487 g/mol. The quantitative estimate of drug-likeness (QED) is 0.286. The Balaban J connectivity index is 1.61. The van der Waals surface area contributed by atoms with Crippen LogP contribution >= 0.6 is 12.2 Å². The number of amides is 2. The van der Waals surface area contributed by atoms with Gasteiger partial charge in [0.25, 0.3) is 11.8 Å². The highest BCUT2D eigenvalue weighted by molar-refractivity contribution is 7.80. The summed E-state index contributed by atoms with van der Waals surface area (Å²) in [7, 11) is 0. The van der Waals surface area contributed by atoms with Crippen LogP contribution in [0.5, 0.6) is 11.5 Å². The summed E-state index contributed by atoms with van der Waals surface area (Å²) in [5, 5.41) is 2.65. The first-order valence-corrected chi connectivity index (χ1v) is 11.7. The molecule has 0 bridgehead atoms. The summed E-state index contributed by atoms with van der Waals surface area (Å²) in [6.07, 6.45) is 1.53. The zero-order valence-electron chi connectivity index (χ0n) is 19.8. The third-order valence-electron chi connectivity index (χ3n) is 5.37. The van der Waals surface area contributed by atoms with Crippen molar-refractivity contribution in [1.82, 2.24) is 5.32 Å². The van der Waals surface area contributed by atoms with E-state index in [1.54, 1.807) is 42.5 Å². The molecule has 1 aliphatic rings. The van der Waals surface area contributed by atoms with E-state index in [4.69, 9.17) is 21.7 Å². The predicted octanol–water partition coefficient (Wildman–Crippen LogP) is 5.11. The van der Waals surface area contributed by atoms with Gasteiger partial charge in [-0.25, -0.2) is 0 Å². The average Bonchev–Trinajstić information content (AvgIpc) is 2.81. The number of nitrogens with one attached hydrogen (secondary N) is 1. The summed E-state index contributed by atoms with van der Waals surface area (Å²) in [5.74, 6) is 0.0864. The van der Waals surface area contributed by atoms with Crippen molar-refractivity contribution >= 4 is 40.9 Å². The number of rotatable bonds is 7. The zero-order chi connectivity index (χ0) is 24.9. The standard InChI is InChI=1S/C28H26N2O4S/c1-4-33-25-16-20(10-11-24(25)34-17-21-13-18(2)12-19(3)14-21)15-23-26(31)29-28(35)30(27(23)32)22-8-6-5-7-9-22/h5-16H,4,17H2,1-3H3,(H,29,31,35)/b23-15-. The molecule has 1 aliphatic heterocycles. The Hall–Kier alpha value is -3.97. The lowest BCUT2D eigenvalue weighted by Crippen LogP contribution is -2.54. The maximum atomic E-state index is 13.2. The lowest BCUT2D eigenvalue weighted by molar-refractivity contribution is -0.122. The highest BCUT2D eigenvalue weighted by Gasteiger charge is 2.34. The minimum atomic E-state index is -0.541. The summed E-state index contributed by atoms with van der Waals surface area (Å²) in [6.45, 7) is 6.83. The Kier molecular flexibility index (Phi) is 7.27. The maximum Gasteiger partial charge on any atom is 0.270 e. The molecule has 2 amide bonds. The molecule has 1 heterocycles. The molecule has 3 aromatic carbocycles. The number of anilines is 1. The van der Waals surface area contributed by atoms with Gasteiger partial charge in [0.2, 0.25) is 0 Å². The normalized spacial score (nSPS) is 14.8. The lowest BCUT2D eigenvalue weighted by atomic mass is 10.1. The first-order valence-electron chi connectivity index (χ1n) is 11.3. The third-order valence-corrected chi connectivity index (χ3v) is 5.66. The first-order chi connectivity index (χ1) is 16.9. The number of benzene rings is 3. The number of carbonyl (C=O) groups excluding carboxylic acids is 2. The van der Waals surface area contributed by atoms with Crippen molar-refractivity contribution in [1.29, 1.82) is 0 Å². The molecule has 1 N–H and O–H groups in total. The molecule has 178 valence electrons. The highest BCUT2D eigenvalue weighted by Crippen LogP contribution is 2.31. The van der Waals surface area contributed by atoms with Gasteiger partial charge < -0.3 is 9.47 Å². The van der Waals surface area contributed by atoms with E-state index in [1.165, 1.54) is 22.1 Å². The van der Waals surface area contributed by atoms with Crippen molar-refractivity contribution in [3.8, 4) is 11.5 Å². The molecule has 35 heavy (non-hydrogen) atoms. The fourth-order valence-corrected chi connectivity index (χ4v) is 4.23. The second-order valence-corrected chi connectivity index (χ2v) is 8.60. The van der Waals surface area contributed by atoms with Gasteiger partial charge in [-0.2, -0.15) is 0 Å². The van der Waals surface area contributed by atoms with Crippen LogP contribution in [0.2, 0.25) is 0 Å². The third kappa shape index (κ3) is 5.58. The van der Waals surface area contributed by atoms with Gasteiger partial charge in [-0.05, 0) is 74.5 Å². The van der Waals surface area contributed by atoms with Crippen molar-refractivity contribution in [3.63, 3.8) is 0 Å². The minimum Gasteiger partial charge on any atom is -0.490 e. The van der Waals surface area contributed by atoms with Crippen LogP contribution in [0, 0.1) is 13.8 Å². The first kappa shape index (κ1) is 24.2. The zero-order valence-corrected chi connectivity index (χ0v) is 20.6. The minimum absolute atomic E-state index is 0.0196. The lowest BCUT2D eigenvalue weighted by Gasteiger charge is -2.28. The van der Waals surface area contributed by atoms with Crippen LogP contribution < -0.4 is 19.7 Å². The number of nitrogens with zero attached hydrogens (tertiary/aromatic N) is 1. The van der Waals surface area contributed by atoms with E-state index >= 15 is 0 Å². The van der Waals surface area contributed by atoms with E-state index in [0.29, 0.717) is 36.0 Å². The van der Waals surface area contributed by atoms with E-state index in [9.17, 15) is 9.59 Å². The topological polar surface area (TPSA) is 67.9 Å². The molecule has 0 radical (unpaired) electrons.